The van der Waals surface area contributed by atoms with Gasteiger partial charge >= 0.3 is 5.97 Å². The Morgan fingerprint density at radius 3 is 2.52 bits per heavy atom. The monoisotopic (exact) mass is 293 g/mol. The van der Waals surface area contributed by atoms with Crippen molar-refractivity contribution in [1.29, 1.82) is 0 Å². The Labute approximate surface area is 122 Å². The van der Waals surface area contributed by atoms with Gasteiger partial charge in [-0.2, -0.15) is 9.97 Å². The lowest BCUT2D eigenvalue weighted by Crippen LogP contribution is -2.40. The third-order valence-corrected chi connectivity index (χ3v) is 4.49. The number of methoxy groups -OCH3 is 2. The molecular formula is C14H19N3O4. The molecule has 3 unspecified atom stereocenters. The summed E-state index contributed by atoms with van der Waals surface area (Å²) >= 11 is 0. The largest absolute Gasteiger partial charge is 0.481 e. The molecule has 2 fully saturated rings. The normalized spacial score (nSPS) is 27.5. The smallest absolute Gasteiger partial charge is 0.326 e. The predicted octanol–water partition coefficient (Wildman–Crippen LogP) is 1.18. The van der Waals surface area contributed by atoms with Gasteiger partial charge in [0.25, 0.3) is 0 Å². The number of carboxylic acid groups (broad SMARTS) is 1. The first-order valence-corrected chi connectivity index (χ1v) is 7.10. The van der Waals surface area contributed by atoms with Crippen LogP contribution in [0.4, 0.5) is 5.95 Å². The zero-order valence-corrected chi connectivity index (χ0v) is 12.2. The van der Waals surface area contributed by atoms with Gasteiger partial charge in [0.1, 0.15) is 6.04 Å². The van der Waals surface area contributed by atoms with Gasteiger partial charge < -0.3 is 19.5 Å². The molecule has 7 nitrogen and oxygen atoms in total. The van der Waals surface area contributed by atoms with Crippen molar-refractivity contribution in [3.63, 3.8) is 0 Å². The number of ether oxygens (including phenoxy) is 2. The lowest BCUT2D eigenvalue weighted by molar-refractivity contribution is -0.139. The van der Waals surface area contributed by atoms with Crippen LogP contribution < -0.4 is 14.4 Å². The van der Waals surface area contributed by atoms with E-state index in [1.807, 2.05) is 0 Å². The molecule has 3 rings (SSSR count). The summed E-state index contributed by atoms with van der Waals surface area (Å²) in [5, 5.41) is 9.59. The zero-order chi connectivity index (χ0) is 15.0. The van der Waals surface area contributed by atoms with E-state index < -0.39 is 12.0 Å². The SMILES string of the molecule is COc1cc(OC)nc(N2CC3CCCC3C2C(=O)O)n1. The first kappa shape index (κ1) is 13.9. The highest BCUT2D eigenvalue weighted by Gasteiger charge is 2.48. The van der Waals surface area contributed by atoms with Gasteiger partial charge in [0, 0.05) is 6.54 Å². The first-order valence-electron chi connectivity index (χ1n) is 7.10. The fraction of sp³-hybridized carbons (Fsp3) is 0.643. The van der Waals surface area contributed by atoms with Crippen LogP contribution in [0.5, 0.6) is 11.8 Å². The summed E-state index contributed by atoms with van der Waals surface area (Å²) in [7, 11) is 3.03. The molecule has 2 aliphatic rings. The van der Waals surface area contributed by atoms with Crippen molar-refractivity contribution in [3.05, 3.63) is 6.07 Å². The van der Waals surface area contributed by atoms with Crippen LogP contribution in [-0.2, 0) is 4.79 Å². The molecule has 1 N–H and O–H groups in total. The van der Waals surface area contributed by atoms with Gasteiger partial charge in [-0.3, -0.25) is 0 Å². The third kappa shape index (κ3) is 2.36. The number of carbonyl (C=O) groups is 1. The standard InChI is InChI=1S/C14H19N3O4/c1-20-10-6-11(21-2)16-14(15-10)17-7-8-4-3-5-9(8)12(17)13(18)19/h6,8-9,12H,3-5,7H2,1-2H3,(H,18,19). The van der Waals surface area contributed by atoms with Gasteiger partial charge in [0.15, 0.2) is 0 Å². The molecule has 1 aromatic rings. The van der Waals surface area contributed by atoms with Gasteiger partial charge in [-0.05, 0) is 24.7 Å². The Morgan fingerprint density at radius 1 is 1.29 bits per heavy atom. The Hall–Kier alpha value is -2.05. The summed E-state index contributed by atoms with van der Waals surface area (Å²) in [5.41, 5.74) is 0. The number of fused-ring (bicyclic) bond motifs is 1. The van der Waals surface area contributed by atoms with Crippen LogP contribution in [0, 0.1) is 11.8 Å². The van der Waals surface area contributed by atoms with Crippen molar-refractivity contribution in [3.8, 4) is 11.8 Å². The average molecular weight is 293 g/mol. The summed E-state index contributed by atoms with van der Waals surface area (Å²) in [5.74, 6) is 0.897. The average Bonchev–Trinajstić information content (AvgIpc) is 3.06. The van der Waals surface area contributed by atoms with Gasteiger partial charge in [0.2, 0.25) is 17.7 Å². The minimum absolute atomic E-state index is 0.184. The number of aliphatic carboxylic acids is 1. The van der Waals surface area contributed by atoms with E-state index in [1.54, 1.807) is 11.0 Å². The Balaban J connectivity index is 1.97. The fourth-order valence-corrected chi connectivity index (χ4v) is 3.56. The second-order valence-electron chi connectivity index (χ2n) is 5.54. The minimum Gasteiger partial charge on any atom is -0.481 e. The summed E-state index contributed by atoms with van der Waals surface area (Å²) in [6.45, 7) is 0.679. The molecule has 7 heteroatoms. The number of hydrogen-bond donors (Lipinski definition) is 1. The molecule has 0 spiro atoms. The number of carboxylic acids is 1. The van der Waals surface area contributed by atoms with Crippen LogP contribution in [0.15, 0.2) is 6.07 Å². The highest BCUT2D eigenvalue weighted by molar-refractivity contribution is 5.79. The molecule has 0 radical (unpaired) electrons. The van der Waals surface area contributed by atoms with Gasteiger partial charge in [0.05, 0.1) is 20.3 Å². The number of anilines is 1. The molecule has 0 aromatic carbocycles. The van der Waals surface area contributed by atoms with Crippen LogP contribution in [0.2, 0.25) is 0 Å². The Morgan fingerprint density at radius 2 is 1.95 bits per heavy atom. The summed E-state index contributed by atoms with van der Waals surface area (Å²) in [4.78, 5) is 22.0. The van der Waals surface area contributed by atoms with E-state index >= 15 is 0 Å². The third-order valence-electron chi connectivity index (χ3n) is 4.49. The molecule has 0 bridgehead atoms. The summed E-state index contributed by atoms with van der Waals surface area (Å²) in [6, 6.07) is 1.02. The molecule has 1 saturated carbocycles. The molecule has 1 aliphatic carbocycles. The van der Waals surface area contributed by atoms with Crippen molar-refractivity contribution in [2.75, 3.05) is 25.7 Å². The van der Waals surface area contributed by atoms with Crippen molar-refractivity contribution in [2.45, 2.75) is 25.3 Å². The molecule has 2 heterocycles. The van der Waals surface area contributed by atoms with Gasteiger partial charge in [-0.25, -0.2) is 4.79 Å². The van der Waals surface area contributed by atoms with Crippen LogP contribution >= 0.6 is 0 Å². The van der Waals surface area contributed by atoms with E-state index in [4.69, 9.17) is 9.47 Å². The molecule has 114 valence electrons. The highest BCUT2D eigenvalue weighted by atomic mass is 16.5. The maximum absolute atomic E-state index is 11.7. The van der Waals surface area contributed by atoms with E-state index in [0.29, 0.717) is 30.2 Å². The number of aromatic nitrogens is 2. The van der Waals surface area contributed by atoms with E-state index in [9.17, 15) is 9.90 Å². The number of nitrogens with zero attached hydrogens (tertiary/aromatic N) is 3. The number of rotatable bonds is 4. The molecular weight excluding hydrogens is 274 g/mol. The van der Waals surface area contributed by atoms with Crippen LogP contribution in [0.1, 0.15) is 19.3 Å². The van der Waals surface area contributed by atoms with Gasteiger partial charge in [-0.15, -0.1) is 0 Å². The molecule has 0 amide bonds. The van der Waals surface area contributed by atoms with Crippen LogP contribution in [-0.4, -0.2) is 47.8 Å². The van der Waals surface area contributed by atoms with E-state index in [2.05, 4.69) is 9.97 Å². The van der Waals surface area contributed by atoms with Gasteiger partial charge in [-0.1, -0.05) is 6.42 Å². The lowest BCUT2D eigenvalue weighted by Gasteiger charge is -2.24. The molecule has 1 aromatic heterocycles. The maximum Gasteiger partial charge on any atom is 0.326 e. The quantitative estimate of drug-likeness (QED) is 0.892. The van der Waals surface area contributed by atoms with Crippen molar-refractivity contribution < 1.29 is 19.4 Å². The highest BCUT2D eigenvalue weighted by Crippen LogP contribution is 2.43. The van der Waals surface area contributed by atoms with E-state index in [1.165, 1.54) is 14.2 Å². The van der Waals surface area contributed by atoms with Crippen LogP contribution in [0.25, 0.3) is 0 Å². The molecule has 21 heavy (non-hydrogen) atoms. The summed E-state index contributed by atoms with van der Waals surface area (Å²) in [6.07, 6.45) is 3.14. The zero-order valence-electron chi connectivity index (χ0n) is 12.2. The second kappa shape index (κ2) is 5.38. The molecule has 1 aliphatic heterocycles. The Kier molecular flexibility index (Phi) is 3.57. The second-order valence-corrected chi connectivity index (χ2v) is 5.54. The predicted molar refractivity (Wildman–Crippen MR) is 74.7 cm³/mol. The van der Waals surface area contributed by atoms with Crippen LogP contribution in [0.3, 0.4) is 0 Å². The maximum atomic E-state index is 11.7. The fourth-order valence-electron chi connectivity index (χ4n) is 3.56. The van der Waals surface area contributed by atoms with E-state index in [0.717, 1.165) is 19.3 Å². The molecule has 3 atom stereocenters. The Bertz CT molecular complexity index is 529. The summed E-state index contributed by atoms with van der Waals surface area (Å²) < 4.78 is 10.3. The molecule has 1 saturated heterocycles. The first-order chi connectivity index (χ1) is 10.1. The lowest BCUT2D eigenvalue weighted by atomic mass is 9.94. The number of hydrogen-bond acceptors (Lipinski definition) is 6. The minimum atomic E-state index is -0.810. The van der Waals surface area contributed by atoms with E-state index in [-0.39, 0.29) is 5.92 Å². The topological polar surface area (TPSA) is 84.8 Å². The van der Waals surface area contributed by atoms with Crippen molar-refractivity contribution in [1.82, 2.24) is 9.97 Å². The van der Waals surface area contributed by atoms with Crippen molar-refractivity contribution >= 4 is 11.9 Å². The van der Waals surface area contributed by atoms with Crippen molar-refractivity contribution in [2.24, 2.45) is 11.8 Å².